The lowest BCUT2D eigenvalue weighted by Crippen LogP contribution is -2.45. The summed E-state index contributed by atoms with van der Waals surface area (Å²) in [6.07, 6.45) is 1.88. The van der Waals surface area contributed by atoms with Gasteiger partial charge in [0.15, 0.2) is 5.82 Å². The van der Waals surface area contributed by atoms with Crippen molar-refractivity contribution in [1.29, 1.82) is 0 Å². The molecule has 0 saturated carbocycles. The summed E-state index contributed by atoms with van der Waals surface area (Å²) in [5.74, 6) is 1.15. The van der Waals surface area contributed by atoms with Crippen LogP contribution in [0, 0.1) is 11.8 Å². The van der Waals surface area contributed by atoms with E-state index in [9.17, 15) is 8.42 Å². The largest absolute Gasteiger partial charge is 0.302 e. The molecule has 6 nitrogen and oxygen atoms in total. The number of aromatic nitrogens is 2. The Balaban J connectivity index is 2.09. The van der Waals surface area contributed by atoms with Crippen molar-refractivity contribution in [2.75, 3.05) is 17.8 Å². The average Bonchev–Trinajstić information content (AvgIpc) is 2.74. The number of aryl methyl sites for hydroxylation is 1. The zero-order valence-corrected chi connectivity index (χ0v) is 12.5. The van der Waals surface area contributed by atoms with Crippen LogP contribution in [0.4, 0.5) is 5.82 Å². The molecule has 0 amide bonds. The second kappa shape index (κ2) is 5.50. The fraction of sp³-hybridized carbons (Fsp3) is 0.750. The lowest BCUT2D eigenvalue weighted by Gasteiger charge is -2.33. The monoisotopic (exact) mass is 286 g/mol. The highest BCUT2D eigenvalue weighted by Crippen LogP contribution is 2.23. The van der Waals surface area contributed by atoms with Gasteiger partial charge in [0, 0.05) is 24.8 Å². The minimum Gasteiger partial charge on any atom is -0.280 e. The molecule has 1 fully saturated rings. The van der Waals surface area contributed by atoms with E-state index in [1.165, 1.54) is 4.31 Å². The molecule has 1 aromatic heterocycles. The Hall–Kier alpha value is -1.08. The third kappa shape index (κ3) is 3.48. The van der Waals surface area contributed by atoms with Crippen LogP contribution in [0.15, 0.2) is 6.07 Å². The summed E-state index contributed by atoms with van der Waals surface area (Å²) in [6.45, 7) is 7.30. The fourth-order valence-electron chi connectivity index (χ4n) is 2.59. The normalized spacial score (nSPS) is 25.4. The molecule has 1 aromatic rings. The van der Waals surface area contributed by atoms with Crippen molar-refractivity contribution in [2.24, 2.45) is 11.8 Å². The number of H-pyrrole nitrogens is 1. The van der Waals surface area contributed by atoms with Gasteiger partial charge in [-0.2, -0.15) is 17.8 Å². The SMILES string of the molecule is CCc1cc(NS(=O)(=O)N2CC(C)CC(C)C2)n[nH]1. The molecule has 0 bridgehead atoms. The van der Waals surface area contributed by atoms with Crippen LogP contribution in [0.3, 0.4) is 0 Å². The maximum atomic E-state index is 12.3. The van der Waals surface area contributed by atoms with Gasteiger partial charge >= 0.3 is 10.2 Å². The molecule has 0 aliphatic carbocycles. The van der Waals surface area contributed by atoms with Gasteiger partial charge in [-0.15, -0.1) is 0 Å². The van der Waals surface area contributed by atoms with E-state index in [1.807, 2.05) is 6.92 Å². The highest BCUT2D eigenvalue weighted by molar-refractivity contribution is 7.90. The Morgan fingerprint density at radius 2 is 2.05 bits per heavy atom. The first kappa shape index (κ1) is 14.3. The van der Waals surface area contributed by atoms with E-state index < -0.39 is 10.2 Å². The van der Waals surface area contributed by atoms with Gasteiger partial charge in [-0.3, -0.25) is 9.82 Å². The Labute approximate surface area is 114 Å². The van der Waals surface area contributed by atoms with Gasteiger partial charge in [0.25, 0.3) is 0 Å². The Bertz CT molecular complexity index is 516. The first-order valence-electron chi connectivity index (χ1n) is 6.73. The van der Waals surface area contributed by atoms with Crippen molar-refractivity contribution < 1.29 is 8.42 Å². The van der Waals surface area contributed by atoms with Gasteiger partial charge in [0.05, 0.1) is 0 Å². The Morgan fingerprint density at radius 1 is 1.42 bits per heavy atom. The number of anilines is 1. The topological polar surface area (TPSA) is 78.1 Å². The number of rotatable bonds is 4. The minimum atomic E-state index is -3.50. The fourth-order valence-corrected chi connectivity index (χ4v) is 3.99. The molecule has 0 spiro atoms. The first-order chi connectivity index (χ1) is 8.90. The molecule has 2 N–H and O–H groups in total. The molecule has 1 aliphatic heterocycles. The number of hydrogen-bond acceptors (Lipinski definition) is 3. The lowest BCUT2D eigenvalue weighted by molar-refractivity contribution is 0.223. The van der Waals surface area contributed by atoms with E-state index in [1.54, 1.807) is 6.07 Å². The zero-order chi connectivity index (χ0) is 14.0. The molecule has 1 saturated heterocycles. The highest BCUT2D eigenvalue weighted by Gasteiger charge is 2.30. The van der Waals surface area contributed by atoms with Gasteiger partial charge in [0.2, 0.25) is 0 Å². The summed E-state index contributed by atoms with van der Waals surface area (Å²) < 4.78 is 28.7. The minimum absolute atomic E-state index is 0.364. The van der Waals surface area contributed by atoms with Gasteiger partial charge in [-0.05, 0) is 24.7 Å². The van der Waals surface area contributed by atoms with Crippen LogP contribution in [0.5, 0.6) is 0 Å². The van der Waals surface area contributed by atoms with E-state index in [-0.39, 0.29) is 0 Å². The van der Waals surface area contributed by atoms with Crippen LogP contribution < -0.4 is 4.72 Å². The van der Waals surface area contributed by atoms with Gasteiger partial charge in [-0.25, -0.2) is 0 Å². The summed E-state index contributed by atoms with van der Waals surface area (Å²) in [6, 6.07) is 1.73. The van der Waals surface area contributed by atoms with Crippen molar-refractivity contribution in [3.63, 3.8) is 0 Å². The van der Waals surface area contributed by atoms with Crippen molar-refractivity contribution in [1.82, 2.24) is 14.5 Å². The first-order valence-corrected chi connectivity index (χ1v) is 8.17. The average molecular weight is 286 g/mol. The summed E-state index contributed by atoms with van der Waals surface area (Å²) in [5.41, 5.74) is 0.915. The quantitative estimate of drug-likeness (QED) is 0.882. The summed E-state index contributed by atoms with van der Waals surface area (Å²) >= 11 is 0. The lowest BCUT2D eigenvalue weighted by atomic mass is 9.94. The molecular weight excluding hydrogens is 264 g/mol. The van der Waals surface area contributed by atoms with Crippen LogP contribution in [0.1, 0.15) is 32.9 Å². The number of piperidine rings is 1. The number of nitrogens with one attached hydrogen (secondary N) is 2. The third-order valence-corrected chi connectivity index (χ3v) is 4.87. The van der Waals surface area contributed by atoms with E-state index in [0.717, 1.165) is 18.5 Å². The van der Waals surface area contributed by atoms with Crippen molar-refractivity contribution in [2.45, 2.75) is 33.6 Å². The third-order valence-electron chi connectivity index (χ3n) is 3.42. The van der Waals surface area contributed by atoms with Gasteiger partial charge < -0.3 is 0 Å². The molecule has 2 heterocycles. The molecule has 0 radical (unpaired) electrons. The molecule has 19 heavy (non-hydrogen) atoms. The van der Waals surface area contributed by atoms with E-state index in [0.29, 0.717) is 30.7 Å². The number of nitrogens with zero attached hydrogens (tertiary/aromatic N) is 2. The van der Waals surface area contributed by atoms with Gasteiger partial charge in [0.1, 0.15) is 0 Å². The molecule has 108 valence electrons. The number of hydrogen-bond donors (Lipinski definition) is 2. The van der Waals surface area contributed by atoms with Crippen LogP contribution in [0.25, 0.3) is 0 Å². The van der Waals surface area contributed by atoms with Crippen LogP contribution in [-0.4, -0.2) is 36.0 Å². The molecule has 2 unspecified atom stereocenters. The standard InChI is InChI=1S/C12H22N4O2S/c1-4-11-6-12(14-13-11)15-19(17,18)16-7-9(2)5-10(3)8-16/h6,9-10H,4-5,7-8H2,1-3H3,(H2,13,14,15). The highest BCUT2D eigenvalue weighted by atomic mass is 32.2. The van der Waals surface area contributed by atoms with E-state index in [2.05, 4.69) is 28.8 Å². The number of aromatic amines is 1. The van der Waals surface area contributed by atoms with Crippen molar-refractivity contribution >= 4 is 16.0 Å². The van der Waals surface area contributed by atoms with Crippen molar-refractivity contribution in [3.8, 4) is 0 Å². The van der Waals surface area contributed by atoms with Crippen LogP contribution >= 0.6 is 0 Å². The van der Waals surface area contributed by atoms with Crippen molar-refractivity contribution in [3.05, 3.63) is 11.8 Å². The maximum Gasteiger partial charge on any atom is 0.302 e. The molecule has 0 aromatic carbocycles. The summed E-state index contributed by atoms with van der Waals surface area (Å²) in [5, 5.41) is 6.77. The summed E-state index contributed by atoms with van der Waals surface area (Å²) in [4.78, 5) is 0. The second-order valence-electron chi connectivity index (χ2n) is 5.50. The predicted octanol–water partition coefficient (Wildman–Crippen LogP) is 1.61. The molecule has 7 heteroatoms. The molecule has 2 rings (SSSR count). The molecule has 1 aliphatic rings. The maximum absolute atomic E-state index is 12.3. The molecular formula is C12H22N4O2S. The molecule has 2 atom stereocenters. The van der Waals surface area contributed by atoms with E-state index in [4.69, 9.17) is 0 Å². The van der Waals surface area contributed by atoms with E-state index >= 15 is 0 Å². The second-order valence-corrected chi connectivity index (χ2v) is 7.17. The zero-order valence-electron chi connectivity index (χ0n) is 11.7. The van der Waals surface area contributed by atoms with Crippen LogP contribution in [-0.2, 0) is 16.6 Å². The smallest absolute Gasteiger partial charge is 0.280 e. The van der Waals surface area contributed by atoms with Crippen LogP contribution in [0.2, 0.25) is 0 Å². The Morgan fingerprint density at radius 3 is 2.58 bits per heavy atom. The Kier molecular flexibility index (Phi) is 4.15. The summed E-state index contributed by atoms with van der Waals surface area (Å²) in [7, 11) is -3.50. The predicted molar refractivity (Wildman–Crippen MR) is 75.0 cm³/mol. The van der Waals surface area contributed by atoms with Gasteiger partial charge in [-0.1, -0.05) is 20.8 Å².